The van der Waals surface area contributed by atoms with Crippen LogP contribution in [0.15, 0.2) is 37.1 Å². The fourth-order valence-electron chi connectivity index (χ4n) is 5.02. The van der Waals surface area contributed by atoms with E-state index in [1.165, 1.54) is 11.6 Å². The quantitative estimate of drug-likeness (QED) is 0.342. The highest BCUT2D eigenvalue weighted by Crippen LogP contribution is 2.26. The van der Waals surface area contributed by atoms with Crippen molar-refractivity contribution in [2.24, 2.45) is 0 Å². The van der Waals surface area contributed by atoms with Gasteiger partial charge in [0.25, 0.3) is 0 Å². The van der Waals surface area contributed by atoms with Crippen LogP contribution >= 0.6 is 0 Å². The molecule has 37 heavy (non-hydrogen) atoms. The number of anilines is 1. The molecular formula is C27H37F2N7O. The first-order valence-electron chi connectivity index (χ1n) is 13.1. The van der Waals surface area contributed by atoms with E-state index in [0.29, 0.717) is 30.6 Å². The Balaban J connectivity index is 1.30. The van der Waals surface area contributed by atoms with Gasteiger partial charge in [0.05, 0.1) is 18.6 Å². The molecule has 0 fully saturated rings. The molecule has 10 heteroatoms. The molecule has 1 aromatic carbocycles. The van der Waals surface area contributed by atoms with Crippen molar-refractivity contribution in [1.82, 2.24) is 30.0 Å². The zero-order chi connectivity index (χ0) is 26.4. The number of H-pyrrole nitrogens is 1. The first kappa shape index (κ1) is 26.9. The molecule has 4 rings (SSSR count). The number of amides is 1. The number of likely N-dealkylation sites (N-methyl/N-ethyl adjacent to an activating group) is 1. The lowest BCUT2D eigenvalue weighted by atomic mass is 9.87. The van der Waals surface area contributed by atoms with E-state index in [1.807, 2.05) is 30.1 Å². The van der Waals surface area contributed by atoms with Gasteiger partial charge in [0, 0.05) is 43.6 Å². The minimum atomic E-state index is -0.541. The zero-order valence-corrected chi connectivity index (χ0v) is 21.8. The molecule has 3 N–H and O–H groups in total. The van der Waals surface area contributed by atoms with Gasteiger partial charge in [0.15, 0.2) is 5.82 Å². The van der Waals surface area contributed by atoms with E-state index >= 15 is 0 Å². The van der Waals surface area contributed by atoms with E-state index in [4.69, 9.17) is 0 Å². The van der Waals surface area contributed by atoms with Crippen molar-refractivity contribution < 1.29 is 13.6 Å². The van der Waals surface area contributed by atoms with Gasteiger partial charge in [-0.3, -0.25) is 9.89 Å². The van der Waals surface area contributed by atoms with Crippen LogP contribution in [-0.4, -0.2) is 62.8 Å². The summed E-state index contributed by atoms with van der Waals surface area (Å²) in [5.41, 5.74) is 2.45. The van der Waals surface area contributed by atoms with Crippen molar-refractivity contribution in [3.63, 3.8) is 0 Å². The molecule has 0 unspecified atom stereocenters. The van der Waals surface area contributed by atoms with Crippen LogP contribution in [0.3, 0.4) is 0 Å². The Hall–Kier alpha value is -3.11. The van der Waals surface area contributed by atoms with E-state index in [0.717, 1.165) is 44.0 Å². The number of aromatic amines is 1. The number of benzene rings is 1. The predicted molar refractivity (Wildman–Crippen MR) is 139 cm³/mol. The number of aromatic nitrogens is 4. The Bertz CT molecular complexity index is 1160. The normalized spacial score (nSPS) is 17.0. The minimum absolute atomic E-state index is 0.0510. The molecule has 1 amide bonds. The molecular weight excluding hydrogens is 476 g/mol. The summed E-state index contributed by atoms with van der Waals surface area (Å²) < 4.78 is 29.9. The highest BCUT2D eigenvalue weighted by Gasteiger charge is 2.27. The average Bonchev–Trinajstić information content (AvgIpc) is 3.55. The molecule has 0 radical (unpaired) electrons. The molecule has 1 aliphatic rings. The molecule has 1 aliphatic carbocycles. The van der Waals surface area contributed by atoms with Gasteiger partial charge in [-0.25, -0.2) is 13.8 Å². The van der Waals surface area contributed by atoms with Crippen molar-refractivity contribution in [2.75, 3.05) is 25.5 Å². The summed E-state index contributed by atoms with van der Waals surface area (Å²) in [7, 11) is 2.09. The van der Waals surface area contributed by atoms with Crippen LogP contribution in [0.2, 0.25) is 0 Å². The van der Waals surface area contributed by atoms with E-state index < -0.39 is 17.7 Å². The smallest absolute Gasteiger partial charge is 0.242 e. The van der Waals surface area contributed by atoms with Gasteiger partial charge >= 0.3 is 0 Å². The molecule has 0 aliphatic heterocycles. The van der Waals surface area contributed by atoms with Crippen LogP contribution < -0.4 is 10.6 Å². The summed E-state index contributed by atoms with van der Waals surface area (Å²) in [4.78, 5) is 19.8. The van der Waals surface area contributed by atoms with Crippen molar-refractivity contribution in [3.05, 3.63) is 65.4 Å². The Morgan fingerprint density at radius 1 is 1.35 bits per heavy atom. The highest BCUT2D eigenvalue weighted by molar-refractivity contribution is 5.94. The SMILES string of the molecule is CCC[C@H](N[C@H]1CCc2cc(F)cc(F)c2C1)C(=O)Nc1cn([C@@H](C)CN(C)CCc2cn[nH]c2)cn1. The van der Waals surface area contributed by atoms with Crippen LogP contribution in [0.5, 0.6) is 0 Å². The van der Waals surface area contributed by atoms with Crippen molar-refractivity contribution in [1.29, 1.82) is 0 Å². The maximum absolute atomic E-state index is 14.3. The second-order valence-electron chi connectivity index (χ2n) is 10.1. The molecule has 0 bridgehead atoms. The summed E-state index contributed by atoms with van der Waals surface area (Å²) >= 11 is 0. The summed E-state index contributed by atoms with van der Waals surface area (Å²) in [6.45, 7) is 5.90. The van der Waals surface area contributed by atoms with Crippen LogP contribution in [0, 0.1) is 11.6 Å². The van der Waals surface area contributed by atoms with Gasteiger partial charge in [-0.15, -0.1) is 0 Å². The Labute approximate surface area is 216 Å². The third kappa shape index (κ3) is 7.23. The summed E-state index contributed by atoms with van der Waals surface area (Å²) in [5.74, 6) is -0.691. The molecule has 0 saturated heterocycles. The molecule has 0 saturated carbocycles. The number of aryl methyl sites for hydroxylation is 1. The third-order valence-corrected chi connectivity index (χ3v) is 7.07. The molecule has 8 nitrogen and oxygen atoms in total. The number of hydrogen-bond acceptors (Lipinski definition) is 5. The number of nitrogens with one attached hydrogen (secondary N) is 3. The number of rotatable bonds is 12. The number of carbonyl (C=O) groups is 1. The minimum Gasteiger partial charge on any atom is -0.331 e. The first-order valence-corrected chi connectivity index (χ1v) is 13.1. The molecule has 3 aromatic rings. The van der Waals surface area contributed by atoms with Gasteiger partial charge < -0.3 is 20.1 Å². The van der Waals surface area contributed by atoms with E-state index in [-0.39, 0.29) is 18.0 Å². The topological polar surface area (TPSA) is 90.9 Å². The number of fused-ring (bicyclic) bond motifs is 1. The van der Waals surface area contributed by atoms with Crippen LogP contribution in [0.4, 0.5) is 14.6 Å². The van der Waals surface area contributed by atoms with Crippen LogP contribution in [-0.2, 0) is 24.1 Å². The van der Waals surface area contributed by atoms with Gasteiger partial charge in [-0.1, -0.05) is 13.3 Å². The molecule has 2 heterocycles. The third-order valence-electron chi connectivity index (χ3n) is 7.07. The van der Waals surface area contributed by atoms with Gasteiger partial charge in [-0.05, 0) is 68.8 Å². The maximum Gasteiger partial charge on any atom is 0.242 e. The second kappa shape index (κ2) is 12.4. The van der Waals surface area contributed by atoms with Crippen molar-refractivity contribution in [3.8, 4) is 0 Å². The van der Waals surface area contributed by atoms with E-state index in [2.05, 4.69) is 44.7 Å². The lowest BCUT2D eigenvalue weighted by Gasteiger charge is -2.29. The Morgan fingerprint density at radius 3 is 2.95 bits per heavy atom. The summed E-state index contributed by atoms with van der Waals surface area (Å²) in [6.07, 6.45) is 11.5. The lowest BCUT2D eigenvalue weighted by Crippen LogP contribution is -2.48. The fraction of sp³-hybridized carbons (Fsp3) is 0.519. The molecule has 0 spiro atoms. The zero-order valence-electron chi connectivity index (χ0n) is 21.8. The van der Waals surface area contributed by atoms with E-state index in [9.17, 15) is 13.6 Å². The standard InChI is InChI=1S/C27H37F2N7O/c1-4-5-25(33-22-7-6-20-10-21(28)11-24(29)23(20)12-22)27(37)34-26-16-36(17-30-26)18(2)15-35(3)9-8-19-13-31-32-14-19/h10-11,13-14,16-18,22,25,33H,4-9,12,15H2,1-3H3,(H,31,32)(H,34,37)/t18-,22-,25-/m0/s1. The van der Waals surface area contributed by atoms with Gasteiger partial charge in [0.1, 0.15) is 11.6 Å². The molecule has 200 valence electrons. The number of carbonyl (C=O) groups excluding carboxylic acids is 1. The maximum atomic E-state index is 14.3. The predicted octanol–water partition coefficient (Wildman–Crippen LogP) is 3.87. The van der Waals surface area contributed by atoms with Gasteiger partial charge in [-0.2, -0.15) is 5.10 Å². The number of imidazole rings is 1. The highest BCUT2D eigenvalue weighted by atomic mass is 19.1. The number of nitrogens with zero attached hydrogens (tertiary/aromatic N) is 4. The molecule has 2 aromatic heterocycles. The van der Waals surface area contributed by atoms with Crippen molar-refractivity contribution >= 4 is 11.7 Å². The second-order valence-corrected chi connectivity index (χ2v) is 10.1. The number of hydrogen-bond donors (Lipinski definition) is 3. The average molecular weight is 514 g/mol. The van der Waals surface area contributed by atoms with Crippen LogP contribution in [0.1, 0.15) is 55.8 Å². The Morgan fingerprint density at radius 2 is 2.19 bits per heavy atom. The van der Waals surface area contributed by atoms with Crippen LogP contribution in [0.25, 0.3) is 0 Å². The number of halogens is 2. The van der Waals surface area contributed by atoms with Gasteiger partial charge in [0.2, 0.25) is 5.91 Å². The van der Waals surface area contributed by atoms with E-state index in [1.54, 1.807) is 6.33 Å². The lowest BCUT2D eigenvalue weighted by molar-refractivity contribution is -0.118. The summed E-state index contributed by atoms with van der Waals surface area (Å²) in [6, 6.07) is 2.06. The monoisotopic (exact) mass is 513 g/mol. The molecule has 3 atom stereocenters. The summed E-state index contributed by atoms with van der Waals surface area (Å²) in [5, 5.41) is 13.2. The first-order chi connectivity index (χ1) is 17.8. The Kier molecular flexibility index (Phi) is 9.04. The van der Waals surface area contributed by atoms with Crippen molar-refractivity contribution in [2.45, 2.75) is 70.5 Å². The fourth-order valence-corrected chi connectivity index (χ4v) is 5.02. The largest absolute Gasteiger partial charge is 0.331 e.